The van der Waals surface area contributed by atoms with Crippen LogP contribution >= 0.6 is 0 Å². The van der Waals surface area contributed by atoms with Gasteiger partial charge in [-0.05, 0) is 68.4 Å². The Bertz CT molecular complexity index is 1060. The van der Waals surface area contributed by atoms with Crippen molar-refractivity contribution in [1.29, 1.82) is 0 Å². The van der Waals surface area contributed by atoms with Crippen molar-refractivity contribution < 1.29 is 9.18 Å². The van der Waals surface area contributed by atoms with Gasteiger partial charge in [0.25, 0.3) is 5.91 Å². The molecule has 4 rings (SSSR count). The molecule has 1 aliphatic rings. The summed E-state index contributed by atoms with van der Waals surface area (Å²) in [6.45, 7) is 5.69. The summed E-state index contributed by atoms with van der Waals surface area (Å²) in [4.78, 5) is 24.4. The summed E-state index contributed by atoms with van der Waals surface area (Å²) in [6.07, 6.45) is 5.60. The Kier molecular flexibility index (Phi) is 7.33. The predicted octanol–water partition coefficient (Wildman–Crippen LogP) is 5.27. The van der Waals surface area contributed by atoms with Gasteiger partial charge in [0.2, 0.25) is 0 Å². The summed E-state index contributed by atoms with van der Waals surface area (Å²) >= 11 is 0. The van der Waals surface area contributed by atoms with Crippen molar-refractivity contribution in [2.75, 3.05) is 18.0 Å². The molecule has 33 heavy (non-hydrogen) atoms. The van der Waals surface area contributed by atoms with E-state index in [0.29, 0.717) is 23.1 Å². The smallest absolute Gasteiger partial charge is 0.256 e. The van der Waals surface area contributed by atoms with E-state index in [1.54, 1.807) is 18.3 Å². The molecule has 2 aromatic carbocycles. The summed E-state index contributed by atoms with van der Waals surface area (Å²) in [6, 6.07) is 16.8. The minimum atomic E-state index is -0.302. The van der Waals surface area contributed by atoms with Crippen LogP contribution in [0.1, 0.15) is 49.0 Å². The fourth-order valence-electron chi connectivity index (χ4n) is 4.21. The zero-order chi connectivity index (χ0) is 23.2. The van der Waals surface area contributed by atoms with Crippen LogP contribution in [0.5, 0.6) is 0 Å². The zero-order valence-electron chi connectivity index (χ0n) is 19.3. The van der Waals surface area contributed by atoms with Crippen molar-refractivity contribution in [1.82, 2.24) is 15.3 Å². The average Bonchev–Trinajstić information content (AvgIpc) is 2.85. The number of rotatable bonds is 7. The third-order valence-corrected chi connectivity index (χ3v) is 6.39. The Morgan fingerprint density at radius 2 is 1.82 bits per heavy atom. The van der Waals surface area contributed by atoms with Crippen LogP contribution in [0.15, 0.2) is 60.8 Å². The number of hydrogen-bond acceptors (Lipinski definition) is 4. The molecule has 0 spiro atoms. The second-order valence-electron chi connectivity index (χ2n) is 8.84. The molecule has 172 valence electrons. The van der Waals surface area contributed by atoms with Crippen molar-refractivity contribution in [3.05, 3.63) is 77.7 Å². The van der Waals surface area contributed by atoms with Crippen LogP contribution in [0.4, 0.5) is 10.2 Å². The first-order valence-electron chi connectivity index (χ1n) is 11.8. The van der Waals surface area contributed by atoms with Gasteiger partial charge < -0.3 is 10.2 Å². The highest BCUT2D eigenvalue weighted by atomic mass is 19.1. The number of aromatic nitrogens is 2. The molecule has 1 aromatic heterocycles. The lowest BCUT2D eigenvalue weighted by Crippen LogP contribution is -2.38. The van der Waals surface area contributed by atoms with E-state index < -0.39 is 0 Å². The summed E-state index contributed by atoms with van der Waals surface area (Å²) in [7, 11) is 0. The fourth-order valence-corrected chi connectivity index (χ4v) is 4.21. The van der Waals surface area contributed by atoms with Crippen molar-refractivity contribution in [2.24, 2.45) is 5.92 Å². The van der Waals surface area contributed by atoms with E-state index in [1.165, 1.54) is 17.7 Å². The topological polar surface area (TPSA) is 58.1 Å². The predicted molar refractivity (Wildman–Crippen MR) is 130 cm³/mol. The number of hydrogen-bond donors (Lipinski definition) is 1. The molecule has 0 aliphatic carbocycles. The van der Waals surface area contributed by atoms with Gasteiger partial charge in [0.1, 0.15) is 17.2 Å². The Labute approximate surface area is 195 Å². The average molecular weight is 447 g/mol. The largest absolute Gasteiger partial charge is 0.356 e. The van der Waals surface area contributed by atoms with Gasteiger partial charge in [0.15, 0.2) is 5.82 Å². The van der Waals surface area contributed by atoms with Crippen LogP contribution in [0.2, 0.25) is 0 Å². The van der Waals surface area contributed by atoms with Gasteiger partial charge >= 0.3 is 0 Å². The van der Waals surface area contributed by atoms with E-state index >= 15 is 0 Å². The first-order chi connectivity index (χ1) is 16.0. The lowest BCUT2D eigenvalue weighted by atomic mass is 9.90. The Morgan fingerprint density at radius 3 is 2.48 bits per heavy atom. The number of halogens is 1. The summed E-state index contributed by atoms with van der Waals surface area (Å²) in [5.74, 6) is 1.31. The van der Waals surface area contributed by atoms with E-state index in [0.717, 1.165) is 44.3 Å². The molecule has 1 amide bonds. The number of nitrogens with zero attached hydrogens (tertiary/aromatic N) is 3. The molecule has 5 nitrogen and oxygen atoms in total. The molecular formula is C27H31FN4O. The highest BCUT2D eigenvalue weighted by Crippen LogP contribution is 2.28. The summed E-state index contributed by atoms with van der Waals surface area (Å²) < 4.78 is 13.4. The van der Waals surface area contributed by atoms with E-state index in [9.17, 15) is 9.18 Å². The minimum absolute atomic E-state index is 0.0683. The minimum Gasteiger partial charge on any atom is -0.356 e. The van der Waals surface area contributed by atoms with Crippen molar-refractivity contribution in [3.8, 4) is 11.4 Å². The van der Waals surface area contributed by atoms with Gasteiger partial charge in [-0.2, -0.15) is 0 Å². The lowest BCUT2D eigenvalue weighted by molar-refractivity contribution is 0.0939. The van der Waals surface area contributed by atoms with Gasteiger partial charge in [0, 0.05) is 30.9 Å². The molecule has 1 unspecified atom stereocenters. The first-order valence-corrected chi connectivity index (χ1v) is 11.8. The number of piperidine rings is 1. The molecule has 0 bridgehead atoms. The van der Waals surface area contributed by atoms with E-state index in [4.69, 9.17) is 4.98 Å². The quantitative estimate of drug-likeness (QED) is 0.537. The maximum absolute atomic E-state index is 13.4. The highest BCUT2D eigenvalue weighted by Gasteiger charge is 2.26. The molecule has 1 N–H and O–H groups in total. The van der Waals surface area contributed by atoms with Gasteiger partial charge in [0.05, 0.1) is 0 Å². The van der Waals surface area contributed by atoms with Crippen LogP contribution in [0, 0.1) is 11.7 Å². The third kappa shape index (κ3) is 5.75. The van der Waals surface area contributed by atoms with E-state index in [-0.39, 0.29) is 17.8 Å². The van der Waals surface area contributed by atoms with Crippen molar-refractivity contribution in [3.63, 3.8) is 0 Å². The van der Waals surface area contributed by atoms with Gasteiger partial charge in [-0.1, -0.05) is 37.3 Å². The molecule has 0 radical (unpaired) electrons. The molecule has 0 saturated carbocycles. The molecule has 1 atom stereocenters. The second-order valence-corrected chi connectivity index (χ2v) is 8.84. The highest BCUT2D eigenvalue weighted by molar-refractivity contribution is 5.99. The monoisotopic (exact) mass is 446 g/mol. The normalized spacial score (nSPS) is 15.3. The molecule has 1 aliphatic heterocycles. The third-order valence-electron chi connectivity index (χ3n) is 6.39. The summed E-state index contributed by atoms with van der Waals surface area (Å²) in [5, 5.41) is 3.04. The number of carbonyl (C=O) groups is 1. The molecule has 6 heteroatoms. The lowest BCUT2D eigenvalue weighted by Gasteiger charge is -2.34. The Balaban J connectivity index is 1.56. The Hall–Kier alpha value is -3.28. The van der Waals surface area contributed by atoms with Crippen LogP contribution in [0.25, 0.3) is 11.4 Å². The number of amides is 1. The van der Waals surface area contributed by atoms with Gasteiger partial charge in [-0.25, -0.2) is 14.4 Å². The van der Waals surface area contributed by atoms with Crippen LogP contribution in [-0.4, -0.2) is 35.0 Å². The van der Waals surface area contributed by atoms with Gasteiger partial charge in [-0.3, -0.25) is 4.79 Å². The zero-order valence-corrected chi connectivity index (χ0v) is 19.3. The SMILES string of the molecule is CCC(C)NC(=O)c1cnc(-c2ccc(F)cc2)nc1N1CCC(Cc2ccccc2)CC1. The molecule has 3 aromatic rings. The van der Waals surface area contributed by atoms with Crippen molar-refractivity contribution >= 4 is 11.7 Å². The van der Waals surface area contributed by atoms with Crippen LogP contribution in [-0.2, 0) is 6.42 Å². The molecule has 1 fully saturated rings. The maximum atomic E-state index is 13.4. The fraction of sp³-hybridized carbons (Fsp3) is 0.370. The van der Waals surface area contributed by atoms with Crippen LogP contribution < -0.4 is 10.2 Å². The Morgan fingerprint density at radius 1 is 1.12 bits per heavy atom. The van der Waals surface area contributed by atoms with Crippen LogP contribution in [0.3, 0.4) is 0 Å². The molecule has 2 heterocycles. The standard InChI is InChI=1S/C27H31FN4O/c1-3-19(2)30-27(33)24-18-29-25(22-9-11-23(28)12-10-22)31-26(24)32-15-13-21(14-16-32)17-20-7-5-4-6-8-20/h4-12,18-19,21H,3,13-17H2,1-2H3,(H,30,33). The number of nitrogens with one attached hydrogen (secondary N) is 1. The number of benzene rings is 2. The van der Waals surface area contributed by atoms with Gasteiger partial charge in [-0.15, -0.1) is 0 Å². The maximum Gasteiger partial charge on any atom is 0.256 e. The summed E-state index contributed by atoms with van der Waals surface area (Å²) in [5.41, 5.74) is 2.58. The van der Waals surface area contributed by atoms with E-state index in [2.05, 4.69) is 39.5 Å². The van der Waals surface area contributed by atoms with Crippen molar-refractivity contribution in [2.45, 2.75) is 45.6 Å². The molecule has 1 saturated heterocycles. The van der Waals surface area contributed by atoms with E-state index in [1.807, 2.05) is 19.9 Å². The number of anilines is 1. The second kappa shape index (κ2) is 10.6. The number of carbonyl (C=O) groups excluding carboxylic acids is 1. The molecular weight excluding hydrogens is 415 g/mol. The first kappa shape index (κ1) is 22.9.